The van der Waals surface area contributed by atoms with Crippen LogP contribution in [0.1, 0.15) is 27.2 Å². The Morgan fingerprint density at radius 3 is 2.46 bits per heavy atom. The summed E-state index contributed by atoms with van der Waals surface area (Å²) in [5.41, 5.74) is 1.04. The van der Waals surface area contributed by atoms with Crippen LogP contribution in [0.4, 0.5) is 19.1 Å². The summed E-state index contributed by atoms with van der Waals surface area (Å²) in [6, 6.07) is 7.67. The molecule has 2 aromatic carbocycles. The van der Waals surface area contributed by atoms with E-state index in [2.05, 4.69) is 4.98 Å². The maximum Gasteiger partial charge on any atom is 0.260 e. The number of anilines is 1. The third-order valence-corrected chi connectivity index (χ3v) is 6.11. The van der Waals surface area contributed by atoms with Gasteiger partial charge in [-0.3, -0.25) is 4.79 Å². The Morgan fingerprint density at radius 2 is 1.74 bits per heavy atom. The predicted octanol–water partition coefficient (Wildman–Crippen LogP) is 4.03. The van der Waals surface area contributed by atoms with E-state index in [1.807, 2.05) is 4.90 Å². The van der Waals surface area contributed by atoms with Gasteiger partial charge in [-0.1, -0.05) is 6.07 Å². The normalized spacial score (nSPS) is 15.7. The van der Waals surface area contributed by atoms with Crippen molar-refractivity contribution < 1.29 is 27.4 Å². The average molecular weight is 484 g/mol. The van der Waals surface area contributed by atoms with Crippen molar-refractivity contribution in [3.05, 3.63) is 76.2 Å². The molecule has 2 aliphatic rings. The zero-order valence-corrected chi connectivity index (χ0v) is 19.1. The first-order chi connectivity index (χ1) is 16.9. The number of ether oxygens (including phenoxy) is 2. The fourth-order valence-corrected chi connectivity index (χ4v) is 4.19. The van der Waals surface area contributed by atoms with Crippen LogP contribution in [-0.2, 0) is 17.7 Å². The molecule has 182 valence electrons. The van der Waals surface area contributed by atoms with E-state index in [1.165, 1.54) is 23.1 Å². The minimum absolute atomic E-state index is 0.0147. The number of hydrogen-bond donors (Lipinski definition) is 0. The van der Waals surface area contributed by atoms with Gasteiger partial charge in [0.15, 0.2) is 0 Å². The molecule has 0 radical (unpaired) electrons. The van der Waals surface area contributed by atoms with E-state index in [9.17, 15) is 18.0 Å². The van der Waals surface area contributed by atoms with Gasteiger partial charge in [0.1, 0.15) is 28.8 Å². The molecule has 1 fully saturated rings. The first-order valence-electron chi connectivity index (χ1n) is 11.3. The highest BCUT2D eigenvalue weighted by atomic mass is 19.1. The summed E-state index contributed by atoms with van der Waals surface area (Å²) in [5.74, 6) is -1.89. The fourth-order valence-electron chi connectivity index (χ4n) is 4.19. The Morgan fingerprint density at radius 1 is 1.00 bits per heavy atom. The summed E-state index contributed by atoms with van der Waals surface area (Å²) >= 11 is 0. The molecule has 0 N–H and O–H groups in total. The number of amides is 1. The van der Waals surface area contributed by atoms with Crippen molar-refractivity contribution in [1.29, 1.82) is 0 Å². The number of rotatable bonds is 4. The molecule has 1 amide bonds. The van der Waals surface area contributed by atoms with Crippen molar-refractivity contribution in [3.8, 4) is 11.6 Å². The van der Waals surface area contributed by atoms with Gasteiger partial charge in [-0.05, 0) is 42.8 Å². The van der Waals surface area contributed by atoms with Crippen molar-refractivity contribution in [1.82, 2.24) is 14.9 Å². The minimum atomic E-state index is -0.919. The molecule has 0 saturated carbocycles. The van der Waals surface area contributed by atoms with E-state index in [4.69, 9.17) is 14.5 Å². The second-order valence-electron chi connectivity index (χ2n) is 8.44. The van der Waals surface area contributed by atoms with E-state index >= 15 is 0 Å². The lowest BCUT2D eigenvalue weighted by atomic mass is 10.0. The highest BCUT2D eigenvalue weighted by molar-refractivity contribution is 5.95. The number of aryl methyl sites for hydroxylation is 1. The van der Waals surface area contributed by atoms with Crippen LogP contribution in [0.5, 0.6) is 11.6 Å². The largest absolute Gasteiger partial charge is 0.438 e. The highest BCUT2D eigenvalue weighted by Crippen LogP contribution is 2.33. The molecule has 10 heteroatoms. The molecule has 1 saturated heterocycles. The number of morpholine rings is 1. The van der Waals surface area contributed by atoms with Crippen LogP contribution in [0.25, 0.3) is 0 Å². The van der Waals surface area contributed by atoms with Gasteiger partial charge in [0.2, 0.25) is 11.8 Å². The number of benzene rings is 2. The Labute approximate surface area is 200 Å². The maximum atomic E-state index is 14.3. The number of hydrogen-bond acceptors (Lipinski definition) is 6. The van der Waals surface area contributed by atoms with Crippen molar-refractivity contribution in [2.24, 2.45) is 0 Å². The van der Waals surface area contributed by atoms with E-state index in [1.54, 1.807) is 13.0 Å². The molecule has 5 rings (SSSR count). The van der Waals surface area contributed by atoms with E-state index in [0.29, 0.717) is 61.2 Å². The van der Waals surface area contributed by atoms with Gasteiger partial charge in [-0.2, -0.15) is 4.98 Å². The van der Waals surface area contributed by atoms with Crippen LogP contribution in [0.2, 0.25) is 0 Å². The zero-order valence-electron chi connectivity index (χ0n) is 19.1. The first-order valence-corrected chi connectivity index (χ1v) is 11.3. The minimum Gasteiger partial charge on any atom is -0.438 e. The smallest absolute Gasteiger partial charge is 0.260 e. The average Bonchev–Trinajstić information content (AvgIpc) is 2.86. The zero-order chi connectivity index (χ0) is 24.5. The summed E-state index contributed by atoms with van der Waals surface area (Å²) in [7, 11) is 0. The van der Waals surface area contributed by atoms with Crippen molar-refractivity contribution >= 4 is 11.9 Å². The van der Waals surface area contributed by atoms with Gasteiger partial charge < -0.3 is 19.3 Å². The number of nitrogens with zero attached hydrogens (tertiary/aromatic N) is 4. The number of aromatic nitrogens is 2. The van der Waals surface area contributed by atoms with E-state index in [-0.39, 0.29) is 24.8 Å². The third-order valence-electron chi connectivity index (χ3n) is 6.11. The van der Waals surface area contributed by atoms with Crippen molar-refractivity contribution in [3.63, 3.8) is 0 Å². The Balaban J connectivity index is 1.51. The third kappa shape index (κ3) is 4.66. The molecule has 35 heavy (non-hydrogen) atoms. The quantitative estimate of drug-likeness (QED) is 0.557. The maximum absolute atomic E-state index is 14.3. The second-order valence-corrected chi connectivity index (χ2v) is 8.44. The van der Waals surface area contributed by atoms with Gasteiger partial charge >= 0.3 is 0 Å². The summed E-state index contributed by atoms with van der Waals surface area (Å²) in [6.45, 7) is 4.19. The number of halogens is 3. The predicted molar refractivity (Wildman–Crippen MR) is 121 cm³/mol. The van der Waals surface area contributed by atoms with Crippen LogP contribution in [0.3, 0.4) is 0 Å². The monoisotopic (exact) mass is 484 g/mol. The Hall–Kier alpha value is -3.66. The lowest BCUT2D eigenvalue weighted by Crippen LogP contribution is -2.40. The summed E-state index contributed by atoms with van der Waals surface area (Å²) in [5, 5.41) is 0. The van der Waals surface area contributed by atoms with Gasteiger partial charge in [-0.15, -0.1) is 0 Å². The highest BCUT2D eigenvalue weighted by Gasteiger charge is 2.31. The molecule has 1 aromatic heterocycles. The van der Waals surface area contributed by atoms with Gasteiger partial charge in [-0.25, -0.2) is 18.2 Å². The van der Waals surface area contributed by atoms with Gasteiger partial charge in [0, 0.05) is 26.1 Å². The standard InChI is InChI=1S/C25H23F3N4O3/c1-15-13-16(5-6-18(15)26)35-23-17-14-32(24(33)22-19(27)3-2-4-20(22)28)8-7-21(17)29-25(30-23)31-9-11-34-12-10-31/h2-6,13H,7-12,14H2,1H3. The first kappa shape index (κ1) is 23.1. The topological polar surface area (TPSA) is 67.8 Å². The SMILES string of the molecule is Cc1cc(Oc2nc(N3CCOCC3)nc3c2CN(C(=O)c2c(F)cccc2F)CC3)ccc1F. The van der Waals surface area contributed by atoms with Crippen LogP contribution < -0.4 is 9.64 Å². The summed E-state index contributed by atoms with van der Waals surface area (Å²) < 4.78 is 53.8. The number of carbonyl (C=O) groups excluding carboxylic acids is 1. The molecule has 0 aliphatic carbocycles. The molecule has 0 bridgehead atoms. The van der Waals surface area contributed by atoms with Crippen LogP contribution >= 0.6 is 0 Å². The molecule has 0 unspecified atom stereocenters. The molecule has 0 spiro atoms. The lowest BCUT2D eigenvalue weighted by Gasteiger charge is -2.32. The van der Waals surface area contributed by atoms with Crippen LogP contribution in [0, 0.1) is 24.4 Å². The molecule has 0 atom stereocenters. The molecular weight excluding hydrogens is 461 g/mol. The van der Waals surface area contributed by atoms with Crippen LogP contribution in [-0.4, -0.2) is 53.6 Å². The second kappa shape index (κ2) is 9.53. The number of carbonyl (C=O) groups is 1. The van der Waals surface area contributed by atoms with Gasteiger partial charge in [0.05, 0.1) is 31.0 Å². The van der Waals surface area contributed by atoms with E-state index < -0.39 is 23.1 Å². The van der Waals surface area contributed by atoms with Crippen molar-refractivity contribution in [2.45, 2.75) is 19.9 Å². The molecule has 3 aromatic rings. The van der Waals surface area contributed by atoms with Gasteiger partial charge in [0.25, 0.3) is 5.91 Å². The molecule has 2 aliphatic heterocycles. The lowest BCUT2D eigenvalue weighted by molar-refractivity contribution is 0.0721. The van der Waals surface area contributed by atoms with Crippen LogP contribution in [0.15, 0.2) is 36.4 Å². The fraction of sp³-hybridized carbons (Fsp3) is 0.320. The Kier molecular flexibility index (Phi) is 6.29. The molecule has 7 nitrogen and oxygen atoms in total. The molecule has 3 heterocycles. The Bertz CT molecular complexity index is 1260. The molecular formula is C25H23F3N4O3. The summed E-state index contributed by atoms with van der Waals surface area (Å²) in [6.07, 6.45) is 0.357. The van der Waals surface area contributed by atoms with Crippen molar-refractivity contribution in [2.75, 3.05) is 37.7 Å². The summed E-state index contributed by atoms with van der Waals surface area (Å²) in [4.78, 5) is 25.7. The van der Waals surface area contributed by atoms with E-state index in [0.717, 1.165) is 12.1 Å². The number of fused-ring (bicyclic) bond motifs is 1.